The fourth-order valence-electron chi connectivity index (χ4n) is 1.89. The maximum atomic E-state index is 5.95. The van der Waals surface area contributed by atoms with Gasteiger partial charge in [0, 0.05) is 5.38 Å². The zero-order valence-corrected chi connectivity index (χ0v) is 12.0. The summed E-state index contributed by atoms with van der Waals surface area (Å²) in [7, 11) is 0. The van der Waals surface area contributed by atoms with Crippen LogP contribution < -0.4 is 0 Å². The molecular formula is C15H17ClS. The van der Waals surface area contributed by atoms with Gasteiger partial charge in [0.05, 0.1) is 4.34 Å². The normalized spacial score (nSPS) is 11.8. The molecule has 2 rings (SSSR count). The van der Waals surface area contributed by atoms with Crippen molar-refractivity contribution >= 4 is 22.9 Å². The second kappa shape index (κ2) is 4.83. The molecule has 0 saturated heterocycles. The van der Waals surface area contributed by atoms with Crippen LogP contribution in [0.25, 0.3) is 11.1 Å². The van der Waals surface area contributed by atoms with Gasteiger partial charge in [-0.05, 0) is 34.6 Å². The number of rotatable bonds is 2. The lowest BCUT2D eigenvalue weighted by Gasteiger charge is -2.18. The Kier molecular flexibility index (Phi) is 3.60. The Balaban J connectivity index is 2.19. The molecule has 0 saturated carbocycles. The van der Waals surface area contributed by atoms with E-state index in [9.17, 15) is 0 Å². The van der Waals surface area contributed by atoms with E-state index in [1.165, 1.54) is 16.7 Å². The van der Waals surface area contributed by atoms with E-state index in [-0.39, 0.29) is 0 Å². The highest BCUT2D eigenvalue weighted by Crippen LogP contribution is 2.29. The molecule has 0 N–H and O–H groups in total. The first kappa shape index (κ1) is 12.7. The number of hydrogen-bond acceptors (Lipinski definition) is 1. The van der Waals surface area contributed by atoms with Gasteiger partial charge >= 0.3 is 0 Å². The van der Waals surface area contributed by atoms with Crippen molar-refractivity contribution in [3.8, 4) is 11.1 Å². The molecule has 0 atom stereocenters. The lowest BCUT2D eigenvalue weighted by Crippen LogP contribution is -2.08. The van der Waals surface area contributed by atoms with E-state index in [2.05, 4.69) is 50.4 Å². The Bertz CT molecular complexity index is 488. The highest BCUT2D eigenvalue weighted by atomic mass is 35.5. The first-order valence-electron chi connectivity index (χ1n) is 5.77. The molecule has 1 heterocycles. The van der Waals surface area contributed by atoms with Gasteiger partial charge in [-0.1, -0.05) is 56.6 Å². The smallest absolute Gasteiger partial charge is 0.0934 e. The van der Waals surface area contributed by atoms with Crippen LogP contribution in [0.4, 0.5) is 0 Å². The van der Waals surface area contributed by atoms with Crippen LogP contribution in [0.2, 0.25) is 4.34 Å². The number of hydrogen-bond donors (Lipinski definition) is 0. The van der Waals surface area contributed by atoms with E-state index in [0.29, 0.717) is 5.41 Å². The Hall–Kier alpha value is -0.790. The molecule has 0 aliphatic rings. The largest absolute Gasteiger partial charge is 0.131 e. The van der Waals surface area contributed by atoms with Crippen molar-refractivity contribution in [3.63, 3.8) is 0 Å². The van der Waals surface area contributed by atoms with Gasteiger partial charge < -0.3 is 0 Å². The second-order valence-electron chi connectivity index (χ2n) is 5.57. The molecule has 17 heavy (non-hydrogen) atoms. The summed E-state index contributed by atoms with van der Waals surface area (Å²) in [5.41, 5.74) is 4.18. The molecule has 0 radical (unpaired) electrons. The summed E-state index contributed by atoms with van der Waals surface area (Å²) in [6.07, 6.45) is 1.11. The van der Waals surface area contributed by atoms with Crippen LogP contribution in [0.5, 0.6) is 0 Å². The van der Waals surface area contributed by atoms with Gasteiger partial charge in [0.2, 0.25) is 0 Å². The number of benzene rings is 1. The summed E-state index contributed by atoms with van der Waals surface area (Å²) in [6.45, 7) is 6.79. The second-order valence-corrected chi connectivity index (χ2v) is 7.12. The molecule has 0 fully saturated rings. The van der Waals surface area contributed by atoms with Gasteiger partial charge in [-0.25, -0.2) is 0 Å². The van der Waals surface area contributed by atoms with Crippen LogP contribution in [0.15, 0.2) is 35.7 Å². The van der Waals surface area contributed by atoms with Crippen molar-refractivity contribution in [1.82, 2.24) is 0 Å². The summed E-state index contributed by atoms with van der Waals surface area (Å²) in [5, 5.41) is 2.10. The van der Waals surface area contributed by atoms with Crippen LogP contribution in [-0.4, -0.2) is 0 Å². The third-order valence-corrected chi connectivity index (χ3v) is 3.68. The van der Waals surface area contributed by atoms with E-state index in [1.807, 2.05) is 6.07 Å². The average molecular weight is 265 g/mol. The summed E-state index contributed by atoms with van der Waals surface area (Å²) in [4.78, 5) is 0. The molecule has 0 aliphatic carbocycles. The summed E-state index contributed by atoms with van der Waals surface area (Å²) in [6, 6.07) is 10.8. The predicted octanol–water partition coefficient (Wildman–Crippen LogP) is 5.66. The topological polar surface area (TPSA) is 0 Å². The van der Waals surface area contributed by atoms with Gasteiger partial charge in [-0.3, -0.25) is 0 Å². The molecule has 1 aromatic carbocycles. The molecule has 0 bridgehead atoms. The van der Waals surface area contributed by atoms with Crippen LogP contribution in [0.1, 0.15) is 26.3 Å². The van der Waals surface area contributed by atoms with Crippen molar-refractivity contribution < 1.29 is 0 Å². The number of thiophene rings is 1. The minimum atomic E-state index is 0.340. The van der Waals surface area contributed by atoms with Gasteiger partial charge in [-0.15, -0.1) is 11.3 Å². The molecule has 0 spiro atoms. The highest BCUT2D eigenvalue weighted by Gasteiger charge is 2.11. The lowest BCUT2D eigenvalue weighted by atomic mass is 9.88. The molecule has 0 nitrogen and oxygen atoms in total. The predicted molar refractivity (Wildman–Crippen MR) is 77.9 cm³/mol. The van der Waals surface area contributed by atoms with Gasteiger partial charge in [-0.2, -0.15) is 0 Å². The molecule has 0 amide bonds. The molecule has 2 aromatic rings. The fraction of sp³-hybridized carbons (Fsp3) is 0.333. The average Bonchev–Trinajstić information content (AvgIpc) is 2.63. The van der Waals surface area contributed by atoms with Gasteiger partial charge in [0.1, 0.15) is 0 Å². The third kappa shape index (κ3) is 3.58. The Morgan fingerprint density at radius 2 is 1.71 bits per heavy atom. The monoisotopic (exact) mass is 264 g/mol. The van der Waals surface area contributed by atoms with Crippen molar-refractivity contribution in [1.29, 1.82) is 0 Å². The van der Waals surface area contributed by atoms with Gasteiger partial charge in [0.25, 0.3) is 0 Å². The molecule has 0 aliphatic heterocycles. The van der Waals surface area contributed by atoms with Crippen molar-refractivity contribution in [2.24, 2.45) is 5.41 Å². The van der Waals surface area contributed by atoms with Crippen LogP contribution in [0, 0.1) is 5.41 Å². The van der Waals surface area contributed by atoms with Gasteiger partial charge in [0.15, 0.2) is 0 Å². The van der Waals surface area contributed by atoms with E-state index in [4.69, 9.17) is 11.6 Å². The van der Waals surface area contributed by atoms with Crippen LogP contribution in [-0.2, 0) is 6.42 Å². The molecule has 2 heteroatoms. The van der Waals surface area contributed by atoms with E-state index in [1.54, 1.807) is 11.3 Å². The molecular weight excluding hydrogens is 248 g/mol. The summed E-state index contributed by atoms with van der Waals surface area (Å²) in [5.74, 6) is 0. The number of halogens is 1. The summed E-state index contributed by atoms with van der Waals surface area (Å²) >= 11 is 7.53. The first-order chi connectivity index (χ1) is 7.94. The SMILES string of the molecule is CC(C)(C)Cc1ccc(-c2csc(Cl)c2)cc1. The van der Waals surface area contributed by atoms with Crippen LogP contribution in [0.3, 0.4) is 0 Å². The molecule has 90 valence electrons. The maximum absolute atomic E-state index is 5.95. The first-order valence-corrected chi connectivity index (χ1v) is 7.03. The standard InChI is InChI=1S/C15H17ClS/c1-15(2,3)9-11-4-6-12(7-5-11)13-8-14(16)17-10-13/h4-8,10H,9H2,1-3H3. The van der Waals surface area contributed by atoms with Crippen molar-refractivity contribution in [2.45, 2.75) is 27.2 Å². The van der Waals surface area contributed by atoms with E-state index in [0.717, 1.165) is 10.8 Å². The molecule has 1 aromatic heterocycles. The maximum Gasteiger partial charge on any atom is 0.0934 e. The zero-order chi connectivity index (χ0) is 12.5. The Morgan fingerprint density at radius 3 is 2.18 bits per heavy atom. The fourth-order valence-corrected chi connectivity index (χ4v) is 2.78. The quantitative estimate of drug-likeness (QED) is 0.657. The van der Waals surface area contributed by atoms with Crippen LogP contribution >= 0.6 is 22.9 Å². The Labute approximate surface area is 112 Å². The third-order valence-electron chi connectivity index (χ3n) is 2.59. The van der Waals surface area contributed by atoms with Crippen molar-refractivity contribution in [3.05, 3.63) is 45.6 Å². The summed E-state index contributed by atoms with van der Waals surface area (Å²) < 4.78 is 0.846. The molecule has 0 unspecified atom stereocenters. The Morgan fingerprint density at radius 1 is 1.06 bits per heavy atom. The van der Waals surface area contributed by atoms with Crippen molar-refractivity contribution in [2.75, 3.05) is 0 Å². The lowest BCUT2D eigenvalue weighted by molar-refractivity contribution is 0.411. The minimum Gasteiger partial charge on any atom is -0.131 e. The van der Waals surface area contributed by atoms with E-state index < -0.39 is 0 Å². The minimum absolute atomic E-state index is 0.340. The highest BCUT2D eigenvalue weighted by molar-refractivity contribution is 7.14. The van der Waals surface area contributed by atoms with E-state index >= 15 is 0 Å². The zero-order valence-electron chi connectivity index (χ0n) is 10.5.